The molecule has 0 radical (unpaired) electrons. The molecular formula is C14H21N3O2. The highest BCUT2D eigenvalue weighted by Crippen LogP contribution is 2.30. The Balaban J connectivity index is 2.05. The Hall–Kier alpha value is -1.62. The molecule has 0 bridgehead atoms. The Bertz CT molecular complexity index is 456. The van der Waals surface area contributed by atoms with Gasteiger partial charge in [0.15, 0.2) is 0 Å². The Morgan fingerprint density at radius 2 is 2.16 bits per heavy atom. The van der Waals surface area contributed by atoms with Crippen molar-refractivity contribution in [2.45, 2.75) is 31.3 Å². The molecule has 5 nitrogen and oxygen atoms in total. The summed E-state index contributed by atoms with van der Waals surface area (Å²) in [6.07, 6.45) is 3.61. The summed E-state index contributed by atoms with van der Waals surface area (Å²) in [6, 6.07) is 5.30. The normalized spacial score (nSPS) is 17.2. The predicted octanol–water partition coefficient (Wildman–Crippen LogP) is 1.50. The van der Waals surface area contributed by atoms with Gasteiger partial charge in [0, 0.05) is 20.6 Å². The van der Waals surface area contributed by atoms with Crippen LogP contribution in [0.1, 0.15) is 36.2 Å². The van der Waals surface area contributed by atoms with Gasteiger partial charge < -0.3 is 15.3 Å². The summed E-state index contributed by atoms with van der Waals surface area (Å²) in [5, 5.41) is 13.2. The second-order valence-corrected chi connectivity index (χ2v) is 5.25. The van der Waals surface area contributed by atoms with Crippen molar-refractivity contribution in [2.24, 2.45) is 0 Å². The summed E-state index contributed by atoms with van der Waals surface area (Å²) in [6.45, 7) is 0.372. The van der Waals surface area contributed by atoms with Crippen molar-refractivity contribution in [2.75, 3.05) is 26.0 Å². The minimum absolute atomic E-state index is 0.155. The van der Waals surface area contributed by atoms with E-state index in [1.807, 2.05) is 0 Å². The number of rotatable bonds is 4. The molecule has 0 spiro atoms. The van der Waals surface area contributed by atoms with Crippen molar-refractivity contribution in [3.63, 3.8) is 0 Å². The minimum Gasteiger partial charge on any atom is -0.388 e. The van der Waals surface area contributed by atoms with E-state index in [0.717, 1.165) is 25.7 Å². The van der Waals surface area contributed by atoms with Crippen molar-refractivity contribution in [3.8, 4) is 0 Å². The van der Waals surface area contributed by atoms with Crippen LogP contribution in [0.25, 0.3) is 0 Å². The molecule has 1 aromatic heterocycles. The van der Waals surface area contributed by atoms with E-state index < -0.39 is 5.60 Å². The number of aliphatic hydroxyl groups is 1. The van der Waals surface area contributed by atoms with Gasteiger partial charge >= 0.3 is 0 Å². The van der Waals surface area contributed by atoms with Crippen LogP contribution >= 0.6 is 0 Å². The molecule has 1 aliphatic carbocycles. The summed E-state index contributed by atoms with van der Waals surface area (Å²) in [5.41, 5.74) is -0.318. The van der Waals surface area contributed by atoms with Crippen LogP contribution in [0.15, 0.2) is 18.2 Å². The fourth-order valence-corrected chi connectivity index (χ4v) is 2.59. The second kappa shape index (κ2) is 5.57. The Kier molecular flexibility index (Phi) is 4.04. The molecule has 1 heterocycles. The number of likely N-dealkylation sites (N-methyl/N-ethyl adjacent to an activating group) is 1. The molecule has 5 heteroatoms. The molecule has 1 saturated carbocycles. The third-order valence-electron chi connectivity index (χ3n) is 3.64. The lowest BCUT2D eigenvalue weighted by Gasteiger charge is -2.28. The van der Waals surface area contributed by atoms with Gasteiger partial charge in [-0.1, -0.05) is 18.9 Å². The molecule has 2 N–H and O–H groups in total. The molecule has 0 aliphatic heterocycles. The molecule has 1 aromatic rings. The third kappa shape index (κ3) is 3.23. The maximum atomic E-state index is 12.3. The van der Waals surface area contributed by atoms with Gasteiger partial charge in [-0.05, 0) is 25.0 Å². The zero-order valence-electron chi connectivity index (χ0n) is 11.5. The SMILES string of the molecule is CNc1cccc(C(=O)N(C)CC2(O)CCCC2)n1. The molecule has 104 valence electrons. The lowest BCUT2D eigenvalue weighted by atomic mass is 10.0. The van der Waals surface area contributed by atoms with E-state index >= 15 is 0 Å². The molecule has 1 aliphatic rings. The van der Waals surface area contributed by atoms with Gasteiger partial charge in [-0.3, -0.25) is 4.79 Å². The summed E-state index contributed by atoms with van der Waals surface area (Å²) < 4.78 is 0. The van der Waals surface area contributed by atoms with E-state index in [1.54, 1.807) is 37.2 Å². The van der Waals surface area contributed by atoms with E-state index in [-0.39, 0.29) is 5.91 Å². The lowest BCUT2D eigenvalue weighted by Crippen LogP contribution is -2.42. The summed E-state index contributed by atoms with van der Waals surface area (Å²) in [4.78, 5) is 18.1. The highest BCUT2D eigenvalue weighted by molar-refractivity contribution is 5.92. The van der Waals surface area contributed by atoms with Gasteiger partial charge in [-0.2, -0.15) is 0 Å². The average Bonchev–Trinajstić information content (AvgIpc) is 2.84. The number of pyridine rings is 1. The smallest absolute Gasteiger partial charge is 0.272 e. The Labute approximate surface area is 113 Å². The maximum absolute atomic E-state index is 12.3. The fraction of sp³-hybridized carbons (Fsp3) is 0.571. The highest BCUT2D eigenvalue weighted by atomic mass is 16.3. The Morgan fingerprint density at radius 3 is 2.79 bits per heavy atom. The Morgan fingerprint density at radius 1 is 1.47 bits per heavy atom. The van der Waals surface area contributed by atoms with Crippen molar-refractivity contribution >= 4 is 11.7 Å². The van der Waals surface area contributed by atoms with E-state index in [0.29, 0.717) is 18.1 Å². The lowest BCUT2D eigenvalue weighted by molar-refractivity contribution is 0.0155. The highest BCUT2D eigenvalue weighted by Gasteiger charge is 2.33. The molecule has 0 aromatic carbocycles. The van der Waals surface area contributed by atoms with Crippen molar-refractivity contribution in [3.05, 3.63) is 23.9 Å². The molecule has 0 atom stereocenters. The van der Waals surface area contributed by atoms with Crippen LogP contribution in [0.3, 0.4) is 0 Å². The topological polar surface area (TPSA) is 65.5 Å². The van der Waals surface area contributed by atoms with Crippen molar-refractivity contribution < 1.29 is 9.90 Å². The van der Waals surface area contributed by atoms with Crippen LogP contribution in [0.4, 0.5) is 5.82 Å². The molecule has 0 unspecified atom stereocenters. The number of nitrogens with zero attached hydrogens (tertiary/aromatic N) is 2. The third-order valence-corrected chi connectivity index (χ3v) is 3.64. The van der Waals surface area contributed by atoms with Gasteiger partial charge in [0.2, 0.25) is 0 Å². The van der Waals surface area contributed by atoms with Crippen molar-refractivity contribution in [1.29, 1.82) is 0 Å². The monoisotopic (exact) mass is 263 g/mol. The van der Waals surface area contributed by atoms with Gasteiger partial charge in [-0.25, -0.2) is 4.98 Å². The minimum atomic E-state index is -0.717. The van der Waals surface area contributed by atoms with Crippen LogP contribution < -0.4 is 5.32 Å². The molecule has 2 rings (SSSR count). The first-order valence-electron chi connectivity index (χ1n) is 6.67. The first-order valence-corrected chi connectivity index (χ1v) is 6.67. The number of carbonyl (C=O) groups is 1. The zero-order valence-corrected chi connectivity index (χ0v) is 11.5. The number of hydrogen-bond donors (Lipinski definition) is 2. The molecule has 1 amide bonds. The summed E-state index contributed by atoms with van der Waals surface area (Å²) in [5.74, 6) is 0.510. The van der Waals surface area contributed by atoms with Crippen molar-refractivity contribution in [1.82, 2.24) is 9.88 Å². The first-order chi connectivity index (χ1) is 9.04. The number of amides is 1. The molecule has 19 heavy (non-hydrogen) atoms. The quantitative estimate of drug-likeness (QED) is 0.864. The van der Waals surface area contributed by atoms with Crippen LogP contribution in [-0.2, 0) is 0 Å². The predicted molar refractivity (Wildman–Crippen MR) is 74.2 cm³/mol. The summed E-state index contributed by atoms with van der Waals surface area (Å²) in [7, 11) is 3.48. The van der Waals surface area contributed by atoms with E-state index in [9.17, 15) is 9.90 Å². The number of aromatic nitrogens is 1. The maximum Gasteiger partial charge on any atom is 0.272 e. The van der Waals surface area contributed by atoms with E-state index in [1.165, 1.54) is 0 Å². The molecule has 0 saturated heterocycles. The van der Waals surface area contributed by atoms with Crippen LogP contribution in [-0.4, -0.2) is 47.1 Å². The van der Waals surface area contributed by atoms with Gasteiger partial charge in [0.05, 0.1) is 5.60 Å². The number of nitrogens with one attached hydrogen (secondary N) is 1. The average molecular weight is 263 g/mol. The number of hydrogen-bond acceptors (Lipinski definition) is 4. The van der Waals surface area contributed by atoms with Gasteiger partial charge in [0.25, 0.3) is 5.91 Å². The van der Waals surface area contributed by atoms with Crippen LogP contribution in [0, 0.1) is 0 Å². The van der Waals surface area contributed by atoms with Crippen LogP contribution in [0.2, 0.25) is 0 Å². The molecular weight excluding hydrogens is 242 g/mol. The second-order valence-electron chi connectivity index (χ2n) is 5.25. The number of anilines is 1. The molecule has 1 fully saturated rings. The standard InChI is InChI=1S/C14H21N3O2/c1-15-12-7-5-6-11(16-12)13(18)17(2)10-14(19)8-3-4-9-14/h5-7,19H,3-4,8-10H2,1-2H3,(H,15,16). The van der Waals surface area contributed by atoms with Gasteiger partial charge in [0.1, 0.15) is 11.5 Å². The van der Waals surface area contributed by atoms with Gasteiger partial charge in [-0.15, -0.1) is 0 Å². The summed E-state index contributed by atoms with van der Waals surface area (Å²) >= 11 is 0. The number of carbonyl (C=O) groups excluding carboxylic acids is 1. The largest absolute Gasteiger partial charge is 0.388 e. The van der Waals surface area contributed by atoms with E-state index in [4.69, 9.17) is 0 Å². The van der Waals surface area contributed by atoms with E-state index in [2.05, 4.69) is 10.3 Å². The van der Waals surface area contributed by atoms with Crippen LogP contribution in [0.5, 0.6) is 0 Å². The first kappa shape index (κ1) is 13.8. The zero-order chi connectivity index (χ0) is 13.9. The fourth-order valence-electron chi connectivity index (χ4n) is 2.59.